The molecular formula is C16H26ClNO. The number of aryl methyl sites for hydroxylation is 1. The molecule has 19 heavy (non-hydrogen) atoms. The predicted molar refractivity (Wildman–Crippen MR) is 83.2 cm³/mol. The van der Waals surface area contributed by atoms with E-state index in [1.54, 1.807) is 0 Å². The van der Waals surface area contributed by atoms with Gasteiger partial charge in [-0.15, -0.1) is 0 Å². The maximum atomic E-state index is 6.30. The summed E-state index contributed by atoms with van der Waals surface area (Å²) in [6, 6.07) is 2.22. The van der Waals surface area contributed by atoms with E-state index >= 15 is 0 Å². The SMILES string of the molecule is CCOc1c(C)cc(Cl)c(C)c1CC(C)CC(C)N. The molecule has 2 N–H and O–H groups in total. The summed E-state index contributed by atoms with van der Waals surface area (Å²) in [7, 11) is 0. The van der Waals surface area contributed by atoms with Crippen LogP contribution in [0, 0.1) is 19.8 Å². The fraction of sp³-hybridized carbons (Fsp3) is 0.625. The van der Waals surface area contributed by atoms with Gasteiger partial charge in [0.2, 0.25) is 0 Å². The van der Waals surface area contributed by atoms with E-state index in [9.17, 15) is 0 Å². The van der Waals surface area contributed by atoms with E-state index in [4.69, 9.17) is 22.1 Å². The molecule has 0 fully saturated rings. The zero-order valence-electron chi connectivity index (χ0n) is 12.7. The lowest BCUT2D eigenvalue weighted by Gasteiger charge is -2.21. The van der Waals surface area contributed by atoms with Crippen molar-refractivity contribution in [3.8, 4) is 5.75 Å². The second kappa shape index (κ2) is 7.16. The molecule has 0 aromatic heterocycles. The molecule has 0 aliphatic rings. The molecule has 2 atom stereocenters. The summed E-state index contributed by atoms with van der Waals surface area (Å²) in [4.78, 5) is 0. The molecule has 0 saturated carbocycles. The van der Waals surface area contributed by atoms with Gasteiger partial charge >= 0.3 is 0 Å². The Morgan fingerprint density at radius 1 is 1.32 bits per heavy atom. The Morgan fingerprint density at radius 3 is 2.47 bits per heavy atom. The highest BCUT2D eigenvalue weighted by Gasteiger charge is 2.17. The minimum atomic E-state index is 0.228. The Labute approximate surface area is 122 Å². The summed E-state index contributed by atoms with van der Waals surface area (Å²) in [5, 5.41) is 0.823. The summed E-state index contributed by atoms with van der Waals surface area (Å²) in [6.07, 6.45) is 1.97. The van der Waals surface area contributed by atoms with Gasteiger partial charge in [0, 0.05) is 11.1 Å². The van der Waals surface area contributed by atoms with Crippen molar-refractivity contribution in [3.63, 3.8) is 0 Å². The summed E-state index contributed by atoms with van der Waals surface area (Å²) in [6.45, 7) is 11.1. The first-order valence-electron chi connectivity index (χ1n) is 7.03. The van der Waals surface area contributed by atoms with Gasteiger partial charge in [-0.05, 0) is 69.2 Å². The van der Waals surface area contributed by atoms with Gasteiger partial charge in [-0.3, -0.25) is 0 Å². The van der Waals surface area contributed by atoms with Gasteiger partial charge in [0.05, 0.1) is 6.61 Å². The molecule has 1 aromatic carbocycles. The minimum absolute atomic E-state index is 0.228. The summed E-state index contributed by atoms with van der Waals surface area (Å²) < 4.78 is 5.82. The van der Waals surface area contributed by atoms with Gasteiger partial charge in [0.1, 0.15) is 5.75 Å². The molecule has 0 bridgehead atoms. The van der Waals surface area contributed by atoms with Crippen LogP contribution in [0.15, 0.2) is 6.07 Å². The molecule has 0 amide bonds. The van der Waals surface area contributed by atoms with Crippen molar-refractivity contribution in [1.82, 2.24) is 0 Å². The Hall–Kier alpha value is -0.730. The van der Waals surface area contributed by atoms with Crippen LogP contribution in [-0.2, 0) is 6.42 Å². The van der Waals surface area contributed by atoms with E-state index in [1.807, 2.05) is 13.0 Å². The Morgan fingerprint density at radius 2 is 1.95 bits per heavy atom. The van der Waals surface area contributed by atoms with E-state index in [2.05, 4.69) is 27.7 Å². The first-order chi connectivity index (χ1) is 8.86. The fourth-order valence-electron chi connectivity index (χ4n) is 2.57. The number of nitrogens with two attached hydrogens (primary N) is 1. The van der Waals surface area contributed by atoms with Crippen molar-refractivity contribution in [2.45, 2.75) is 53.5 Å². The van der Waals surface area contributed by atoms with E-state index in [0.717, 1.165) is 34.7 Å². The average Bonchev–Trinajstić information content (AvgIpc) is 2.29. The largest absolute Gasteiger partial charge is 0.493 e. The zero-order valence-corrected chi connectivity index (χ0v) is 13.5. The number of benzene rings is 1. The van der Waals surface area contributed by atoms with Gasteiger partial charge in [-0.1, -0.05) is 18.5 Å². The van der Waals surface area contributed by atoms with Gasteiger partial charge in [0.15, 0.2) is 0 Å². The molecule has 0 saturated heterocycles. The topological polar surface area (TPSA) is 35.2 Å². The number of rotatable bonds is 6. The average molecular weight is 284 g/mol. The number of halogens is 1. The lowest BCUT2D eigenvalue weighted by Crippen LogP contribution is -2.19. The van der Waals surface area contributed by atoms with Crippen LogP contribution in [0.1, 0.15) is 43.9 Å². The third-order valence-corrected chi connectivity index (χ3v) is 3.79. The van der Waals surface area contributed by atoms with Crippen molar-refractivity contribution in [2.24, 2.45) is 11.7 Å². The van der Waals surface area contributed by atoms with Crippen LogP contribution in [-0.4, -0.2) is 12.6 Å². The molecule has 2 unspecified atom stereocenters. The highest BCUT2D eigenvalue weighted by molar-refractivity contribution is 6.31. The second-order valence-corrected chi connectivity index (χ2v) is 5.97. The standard InChI is InChI=1S/C16H26ClNO/c1-6-19-16-11(3)9-15(17)13(5)14(16)8-10(2)7-12(4)18/h9-10,12H,6-8,18H2,1-5H3. The van der Waals surface area contributed by atoms with E-state index in [-0.39, 0.29) is 6.04 Å². The number of ether oxygens (including phenoxy) is 1. The summed E-state index contributed by atoms with van der Waals surface area (Å²) >= 11 is 6.30. The normalized spacial score (nSPS) is 14.3. The monoisotopic (exact) mass is 283 g/mol. The second-order valence-electron chi connectivity index (χ2n) is 5.56. The van der Waals surface area contributed by atoms with E-state index in [0.29, 0.717) is 12.5 Å². The molecule has 0 radical (unpaired) electrons. The van der Waals surface area contributed by atoms with Crippen LogP contribution in [0.3, 0.4) is 0 Å². The Bertz CT molecular complexity index is 429. The Kier molecular flexibility index (Phi) is 6.15. The molecule has 0 heterocycles. The van der Waals surface area contributed by atoms with Gasteiger partial charge in [-0.2, -0.15) is 0 Å². The highest BCUT2D eigenvalue weighted by Crippen LogP contribution is 2.34. The Balaban J connectivity index is 3.08. The fourth-order valence-corrected chi connectivity index (χ4v) is 2.85. The van der Waals surface area contributed by atoms with Crippen LogP contribution < -0.4 is 10.5 Å². The maximum absolute atomic E-state index is 6.30. The van der Waals surface area contributed by atoms with Crippen LogP contribution in [0.25, 0.3) is 0 Å². The molecule has 1 aromatic rings. The molecular weight excluding hydrogens is 258 g/mol. The van der Waals surface area contributed by atoms with E-state index < -0.39 is 0 Å². The highest BCUT2D eigenvalue weighted by atomic mass is 35.5. The molecule has 0 spiro atoms. The smallest absolute Gasteiger partial charge is 0.125 e. The summed E-state index contributed by atoms with van der Waals surface area (Å²) in [5.74, 6) is 1.52. The molecule has 0 aliphatic heterocycles. The van der Waals surface area contributed by atoms with Crippen molar-refractivity contribution >= 4 is 11.6 Å². The molecule has 2 nitrogen and oxygen atoms in total. The van der Waals surface area contributed by atoms with Crippen molar-refractivity contribution in [2.75, 3.05) is 6.61 Å². The van der Waals surface area contributed by atoms with Crippen molar-refractivity contribution in [1.29, 1.82) is 0 Å². The van der Waals surface area contributed by atoms with Gasteiger partial charge < -0.3 is 10.5 Å². The third-order valence-electron chi connectivity index (χ3n) is 3.40. The van der Waals surface area contributed by atoms with Crippen molar-refractivity contribution < 1.29 is 4.74 Å². The molecule has 3 heteroatoms. The molecule has 108 valence electrons. The van der Waals surface area contributed by atoms with E-state index in [1.165, 1.54) is 5.56 Å². The lowest BCUT2D eigenvalue weighted by atomic mass is 9.91. The van der Waals surface area contributed by atoms with Gasteiger partial charge in [0.25, 0.3) is 0 Å². The minimum Gasteiger partial charge on any atom is -0.493 e. The zero-order chi connectivity index (χ0) is 14.6. The van der Waals surface area contributed by atoms with Crippen LogP contribution >= 0.6 is 11.6 Å². The van der Waals surface area contributed by atoms with Crippen LogP contribution in [0.4, 0.5) is 0 Å². The van der Waals surface area contributed by atoms with Crippen LogP contribution in [0.5, 0.6) is 5.75 Å². The third kappa shape index (κ3) is 4.39. The first kappa shape index (κ1) is 16.3. The quantitative estimate of drug-likeness (QED) is 0.846. The van der Waals surface area contributed by atoms with Crippen molar-refractivity contribution in [3.05, 3.63) is 27.8 Å². The number of hydrogen-bond acceptors (Lipinski definition) is 2. The predicted octanol–water partition coefficient (Wildman–Crippen LogP) is 4.27. The first-order valence-corrected chi connectivity index (χ1v) is 7.41. The maximum Gasteiger partial charge on any atom is 0.125 e. The number of hydrogen-bond donors (Lipinski definition) is 1. The lowest BCUT2D eigenvalue weighted by molar-refractivity contribution is 0.330. The molecule has 0 aliphatic carbocycles. The van der Waals surface area contributed by atoms with Crippen LogP contribution in [0.2, 0.25) is 5.02 Å². The summed E-state index contributed by atoms with van der Waals surface area (Å²) in [5.41, 5.74) is 9.36. The molecule has 1 rings (SSSR count). The van der Waals surface area contributed by atoms with Gasteiger partial charge in [-0.25, -0.2) is 0 Å².